The van der Waals surface area contributed by atoms with Gasteiger partial charge >= 0.3 is 0 Å². The van der Waals surface area contributed by atoms with Crippen LogP contribution in [0.4, 0.5) is 0 Å². The molecule has 0 unspecified atom stereocenters. The molecule has 11 heavy (non-hydrogen) atoms. The van der Waals surface area contributed by atoms with Crippen molar-refractivity contribution < 1.29 is 22.9 Å². The Balaban J connectivity index is 3.37. The zero-order valence-corrected chi connectivity index (χ0v) is 6.63. The van der Waals surface area contributed by atoms with Gasteiger partial charge in [0, 0.05) is 5.97 Å². The van der Waals surface area contributed by atoms with Crippen molar-refractivity contribution in [3.8, 4) is 0 Å². The average molecular weight is 181 g/mol. The molecule has 0 radical (unpaired) electrons. The monoisotopic (exact) mass is 181 g/mol. The van der Waals surface area contributed by atoms with Crippen molar-refractivity contribution in [1.82, 2.24) is 0 Å². The molecule has 0 saturated heterocycles. The first-order valence-corrected chi connectivity index (χ1v) is 4.68. The molecular weight excluding hydrogens is 172 g/mol. The summed E-state index contributed by atoms with van der Waals surface area (Å²) < 4.78 is 28.3. The average Bonchev–Trinajstić information content (AvgIpc) is 1.78. The number of unbranched alkanes of at least 4 members (excludes halogenated alkanes) is 1. The van der Waals surface area contributed by atoms with E-state index in [1.54, 1.807) is 0 Å². The molecule has 0 bridgehead atoms. The summed E-state index contributed by atoms with van der Waals surface area (Å²) in [5.41, 5.74) is 0. The first kappa shape index (κ1) is 10.4. The van der Waals surface area contributed by atoms with Crippen molar-refractivity contribution in [2.24, 2.45) is 0 Å². The van der Waals surface area contributed by atoms with Crippen molar-refractivity contribution in [3.05, 3.63) is 0 Å². The normalized spacial score (nSPS) is 11.4. The summed E-state index contributed by atoms with van der Waals surface area (Å²) in [6.45, 7) is 0. The molecule has 0 aromatic carbocycles. The van der Waals surface area contributed by atoms with E-state index in [0.29, 0.717) is 0 Å². The molecule has 0 fully saturated rings. The van der Waals surface area contributed by atoms with E-state index in [0.717, 1.165) is 0 Å². The zero-order chi connectivity index (χ0) is 8.91. The first-order chi connectivity index (χ1) is 4.92. The Kier molecular flexibility index (Phi) is 4.06. The van der Waals surface area contributed by atoms with Crippen molar-refractivity contribution in [2.45, 2.75) is 19.3 Å². The van der Waals surface area contributed by atoms with Gasteiger partial charge in [0.25, 0.3) is 10.1 Å². The van der Waals surface area contributed by atoms with Gasteiger partial charge in [-0.2, -0.15) is 8.42 Å². The largest absolute Gasteiger partial charge is 0.550 e. The molecule has 66 valence electrons. The minimum Gasteiger partial charge on any atom is -0.550 e. The number of carboxylic acids is 1. The fourth-order valence-corrected chi connectivity index (χ4v) is 1.12. The van der Waals surface area contributed by atoms with Gasteiger partial charge in [0.1, 0.15) is 0 Å². The van der Waals surface area contributed by atoms with Gasteiger partial charge < -0.3 is 9.90 Å². The summed E-state index contributed by atoms with van der Waals surface area (Å²) in [5.74, 6) is -1.60. The van der Waals surface area contributed by atoms with E-state index in [2.05, 4.69) is 0 Å². The van der Waals surface area contributed by atoms with E-state index in [1.165, 1.54) is 0 Å². The van der Waals surface area contributed by atoms with Gasteiger partial charge in [-0.15, -0.1) is 0 Å². The summed E-state index contributed by atoms with van der Waals surface area (Å²) >= 11 is 0. The minimum atomic E-state index is -3.94. The maximum absolute atomic E-state index is 10.1. The van der Waals surface area contributed by atoms with Crippen LogP contribution >= 0.6 is 0 Å². The van der Waals surface area contributed by atoms with E-state index < -0.39 is 16.1 Å². The SMILES string of the molecule is O=C([O-])CCCCS(=O)(=O)O. The Morgan fingerprint density at radius 2 is 1.91 bits per heavy atom. The number of carbonyl (C=O) groups is 1. The summed E-state index contributed by atoms with van der Waals surface area (Å²) in [6, 6.07) is 0. The predicted molar refractivity (Wildman–Crippen MR) is 35.3 cm³/mol. The van der Waals surface area contributed by atoms with Gasteiger partial charge in [0.15, 0.2) is 0 Å². The highest BCUT2D eigenvalue weighted by Gasteiger charge is 2.02. The van der Waals surface area contributed by atoms with Crippen LogP contribution in [-0.2, 0) is 14.9 Å². The van der Waals surface area contributed by atoms with Gasteiger partial charge in [-0.25, -0.2) is 0 Å². The highest BCUT2D eigenvalue weighted by molar-refractivity contribution is 7.85. The smallest absolute Gasteiger partial charge is 0.264 e. The van der Waals surface area contributed by atoms with Crippen LogP contribution in [-0.4, -0.2) is 24.7 Å². The highest BCUT2D eigenvalue weighted by Crippen LogP contribution is 1.96. The van der Waals surface area contributed by atoms with Gasteiger partial charge in [0.2, 0.25) is 0 Å². The third-order valence-corrected chi connectivity index (χ3v) is 1.84. The van der Waals surface area contributed by atoms with Crippen LogP contribution in [0.2, 0.25) is 0 Å². The van der Waals surface area contributed by atoms with E-state index in [-0.39, 0.29) is 25.0 Å². The Morgan fingerprint density at radius 3 is 2.27 bits per heavy atom. The quantitative estimate of drug-likeness (QED) is 0.424. The lowest BCUT2D eigenvalue weighted by molar-refractivity contribution is -0.305. The van der Waals surface area contributed by atoms with Gasteiger partial charge in [-0.05, 0) is 19.3 Å². The Bertz CT molecular complexity index is 217. The molecule has 0 aromatic rings. The van der Waals surface area contributed by atoms with Crippen LogP contribution in [0.5, 0.6) is 0 Å². The van der Waals surface area contributed by atoms with Crippen LogP contribution in [0.3, 0.4) is 0 Å². The number of hydrogen-bond acceptors (Lipinski definition) is 4. The van der Waals surface area contributed by atoms with E-state index in [4.69, 9.17) is 4.55 Å². The molecule has 0 rings (SSSR count). The maximum Gasteiger partial charge on any atom is 0.264 e. The Morgan fingerprint density at radius 1 is 1.36 bits per heavy atom. The molecule has 0 aliphatic heterocycles. The van der Waals surface area contributed by atoms with Crippen molar-refractivity contribution in [1.29, 1.82) is 0 Å². The Hall–Kier alpha value is -0.620. The lowest BCUT2D eigenvalue weighted by atomic mass is 10.3. The van der Waals surface area contributed by atoms with Gasteiger partial charge in [-0.3, -0.25) is 4.55 Å². The van der Waals surface area contributed by atoms with Crippen molar-refractivity contribution >= 4 is 16.1 Å². The number of aliphatic carboxylic acids is 1. The van der Waals surface area contributed by atoms with Crippen molar-refractivity contribution in [3.63, 3.8) is 0 Å². The molecule has 6 heteroatoms. The fraction of sp³-hybridized carbons (Fsp3) is 0.800. The fourth-order valence-electron chi connectivity index (χ4n) is 0.554. The number of carbonyl (C=O) groups excluding carboxylic acids is 1. The van der Waals surface area contributed by atoms with Gasteiger partial charge in [0.05, 0.1) is 5.75 Å². The predicted octanol–water partition coefficient (Wildman–Crippen LogP) is -1.21. The topological polar surface area (TPSA) is 94.5 Å². The first-order valence-electron chi connectivity index (χ1n) is 3.07. The van der Waals surface area contributed by atoms with Crippen LogP contribution < -0.4 is 5.11 Å². The third-order valence-electron chi connectivity index (χ3n) is 1.03. The lowest BCUT2D eigenvalue weighted by Gasteiger charge is -1.99. The highest BCUT2D eigenvalue weighted by atomic mass is 32.2. The third kappa shape index (κ3) is 9.38. The second-order valence-electron chi connectivity index (χ2n) is 2.12. The second-order valence-corrected chi connectivity index (χ2v) is 3.69. The van der Waals surface area contributed by atoms with Crippen LogP contribution in [0.25, 0.3) is 0 Å². The number of hydrogen-bond donors (Lipinski definition) is 1. The van der Waals surface area contributed by atoms with E-state index >= 15 is 0 Å². The molecule has 0 heterocycles. The summed E-state index contributed by atoms with van der Waals surface area (Å²) in [5, 5.41) is 9.80. The van der Waals surface area contributed by atoms with Crippen LogP contribution in [0.1, 0.15) is 19.3 Å². The molecule has 0 amide bonds. The molecular formula is C5H9O5S-. The molecule has 1 N–H and O–H groups in total. The molecule has 0 aliphatic carbocycles. The Labute approximate surface area is 64.8 Å². The van der Waals surface area contributed by atoms with E-state index in [9.17, 15) is 18.3 Å². The lowest BCUT2D eigenvalue weighted by Crippen LogP contribution is -2.21. The maximum atomic E-state index is 10.1. The van der Waals surface area contributed by atoms with Crippen LogP contribution in [0.15, 0.2) is 0 Å². The molecule has 0 aliphatic rings. The molecule has 0 spiro atoms. The molecule has 5 nitrogen and oxygen atoms in total. The standard InChI is InChI=1S/C5H10O5S/c6-5(7)3-1-2-4-11(8,9)10/h1-4H2,(H,6,7)(H,8,9,10)/p-1. The summed E-state index contributed by atoms with van der Waals surface area (Å²) in [4.78, 5) is 9.80. The van der Waals surface area contributed by atoms with E-state index in [1.807, 2.05) is 0 Å². The zero-order valence-electron chi connectivity index (χ0n) is 5.82. The second kappa shape index (κ2) is 4.30. The summed E-state index contributed by atoms with van der Waals surface area (Å²) in [6.07, 6.45) is 0.185. The molecule has 0 atom stereocenters. The van der Waals surface area contributed by atoms with Crippen LogP contribution in [0, 0.1) is 0 Å². The van der Waals surface area contributed by atoms with Gasteiger partial charge in [-0.1, -0.05) is 0 Å². The molecule has 0 saturated carbocycles. The number of rotatable bonds is 5. The summed E-state index contributed by atoms with van der Waals surface area (Å²) in [7, 11) is -3.94. The minimum absolute atomic E-state index is 0.146. The van der Waals surface area contributed by atoms with Crippen molar-refractivity contribution in [2.75, 3.05) is 5.75 Å². The molecule has 0 aromatic heterocycles. The number of carboxylic acid groups (broad SMARTS) is 1.